The average Bonchev–Trinajstić information content (AvgIpc) is 3.31. The van der Waals surface area contributed by atoms with Crippen molar-refractivity contribution in [3.63, 3.8) is 0 Å². The molecule has 0 unspecified atom stereocenters. The number of hydrogen-bond donors (Lipinski definition) is 0. The van der Waals surface area contributed by atoms with Crippen molar-refractivity contribution in [3.05, 3.63) is 136 Å². The van der Waals surface area contributed by atoms with Gasteiger partial charge in [-0.15, -0.1) is 0 Å². The Hall–Kier alpha value is -4.54. The molecule has 43 heavy (non-hydrogen) atoms. The van der Waals surface area contributed by atoms with E-state index in [1.807, 2.05) is 45.0 Å². The maximum atomic E-state index is 13.9. The fourth-order valence-corrected chi connectivity index (χ4v) is 6.10. The number of thiazole rings is 1. The highest BCUT2D eigenvalue weighted by Gasteiger charge is 2.34. The van der Waals surface area contributed by atoms with E-state index in [9.17, 15) is 19.7 Å². The number of allylic oxidation sites excluding steroid dienone is 1. The summed E-state index contributed by atoms with van der Waals surface area (Å²) in [6.07, 6.45) is 1.80. The summed E-state index contributed by atoms with van der Waals surface area (Å²) >= 11 is 7.44. The molecule has 0 fully saturated rings. The van der Waals surface area contributed by atoms with E-state index in [1.54, 1.807) is 51.9 Å². The molecule has 0 spiro atoms. The summed E-state index contributed by atoms with van der Waals surface area (Å²) in [6, 6.07) is 20.1. The summed E-state index contributed by atoms with van der Waals surface area (Å²) in [5, 5.41) is 11.4. The largest absolute Gasteiger partial charge is 0.489 e. The number of amides is 1. The van der Waals surface area contributed by atoms with Gasteiger partial charge >= 0.3 is 0 Å². The van der Waals surface area contributed by atoms with Crippen LogP contribution in [0.25, 0.3) is 6.08 Å². The van der Waals surface area contributed by atoms with E-state index in [1.165, 1.54) is 23.5 Å². The number of carbonyl (C=O) groups is 1. The second-order valence-corrected chi connectivity index (χ2v) is 11.3. The van der Waals surface area contributed by atoms with Gasteiger partial charge in [0.1, 0.15) is 12.4 Å². The number of ether oxygens (including phenoxy) is 1. The maximum absolute atomic E-state index is 13.9. The molecule has 9 nitrogen and oxygen atoms in total. The first kappa shape index (κ1) is 29.9. The normalized spacial score (nSPS) is 14.7. The molecule has 2 heterocycles. The number of nitro benzene ring substituents is 1. The zero-order valence-corrected chi connectivity index (χ0v) is 25.4. The first-order valence-corrected chi connectivity index (χ1v) is 14.9. The van der Waals surface area contributed by atoms with Crippen LogP contribution in [0, 0.1) is 10.1 Å². The second-order valence-electron chi connectivity index (χ2n) is 9.89. The van der Waals surface area contributed by atoms with Gasteiger partial charge in [0.05, 0.1) is 26.8 Å². The smallest absolute Gasteiger partial charge is 0.271 e. The van der Waals surface area contributed by atoms with Crippen LogP contribution < -0.4 is 19.6 Å². The van der Waals surface area contributed by atoms with Crippen LogP contribution in [-0.4, -0.2) is 33.4 Å². The average molecular weight is 617 g/mol. The quantitative estimate of drug-likeness (QED) is 0.189. The number of nitrogens with zero attached hydrogens (tertiary/aromatic N) is 4. The molecule has 220 valence electrons. The van der Waals surface area contributed by atoms with Crippen molar-refractivity contribution in [1.82, 2.24) is 9.47 Å². The Morgan fingerprint density at radius 1 is 1.07 bits per heavy atom. The van der Waals surface area contributed by atoms with E-state index in [-0.39, 0.29) is 23.8 Å². The minimum absolute atomic E-state index is 0.0275. The molecule has 3 aromatic carbocycles. The molecule has 0 saturated heterocycles. The number of benzene rings is 3. The lowest BCUT2D eigenvalue weighted by Gasteiger charge is -2.29. The molecule has 0 saturated carbocycles. The van der Waals surface area contributed by atoms with Crippen molar-refractivity contribution in [2.45, 2.75) is 33.4 Å². The first-order chi connectivity index (χ1) is 20.7. The highest BCUT2D eigenvalue weighted by atomic mass is 35.5. The van der Waals surface area contributed by atoms with Crippen molar-refractivity contribution in [3.8, 4) is 5.75 Å². The summed E-state index contributed by atoms with van der Waals surface area (Å²) in [6.45, 7) is 7.00. The van der Waals surface area contributed by atoms with Crippen LogP contribution in [0.5, 0.6) is 5.75 Å². The molecule has 0 bridgehead atoms. The van der Waals surface area contributed by atoms with E-state index in [0.29, 0.717) is 44.5 Å². The SMILES string of the molecule is CCN(CC)C(=O)C1=C(C)N=c2s/c(=C/c3ccc(OCc4ccc([N+](=O)[O-])cc4)cc3)c(=O)n2[C@@H]1c1ccc(Cl)cc1. The Kier molecular flexibility index (Phi) is 8.89. The van der Waals surface area contributed by atoms with Gasteiger partial charge in [0.25, 0.3) is 17.2 Å². The Morgan fingerprint density at radius 2 is 1.72 bits per heavy atom. The van der Waals surface area contributed by atoms with Crippen molar-refractivity contribution in [2.24, 2.45) is 4.99 Å². The van der Waals surface area contributed by atoms with Gasteiger partial charge in [-0.1, -0.05) is 47.2 Å². The number of non-ortho nitro benzene ring substituents is 1. The zero-order chi connectivity index (χ0) is 30.7. The fraction of sp³-hybridized carbons (Fsp3) is 0.219. The molecule has 1 aliphatic rings. The van der Waals surface area contributed by atoms with E-state index in [2.05, 4.69) is 0 Å². The van der Waals surface area contributed by atoms with Crippen LogP contribution >= 0.6 is 22.9 Å². The molecule has 4 aromatic rings. The van der Waals surface area contributed by atoms with Crippen molar-refractivity contribution < 1.29 is 14.5 Å². The highest BCUT2D eigenvalue weighted by molar-refractivity contribution is 7.07. The molecular formula is C32H29ClN4O5S. The number of fused-ring (bicyclic) bond motifs is 1. The molecule has 0 radical (unpaired) electrons. The van der Waals surface area contributed by atoms with Gasteiger partial charge in [0.2, 0.25) is 0 Å². The van der Waals surface area contributed by atoms with Crippen LogP contribution in [0.15, 0.2) is 93.9 Å². The molecule has 1 aromatic heterocycles. The lowest BCUT2D eigenvalue weighted by atomic mass is 9.94. The van der Waals surface area contributed by atoms with Crippen molar-refractivity contribution in [1.29, 1.82) is 0 Å². The first-order valence-electron chi connectivity index (χ1n) is 13.7. The fourth-order valence-electron chi connectivity index (χ4n) is 4.93. The van der Waals surface area contributed by atoms with E-state index in [4.69, 9.17) is 21.3 Å². The molecule has 0 N–H and O–H groups in total. The number of rotatable bonds is 9. The van der Waals surface area contributed by atoms with E-state index in [0.717, 1.165) is 16.7 Å². The predicted molar refractivity (Wildman–Crippen MR) is 167 cm³/mol. The summed E-state index contributed by atoms with van der Waals surface area (Å²) in [7, 11) is 0. The second kappa shape index (κ2) is 12.8. The number of halogens is 1. The van der Waals surface area contributed by atoms with Crippen LogP contribution in [0.1, 0.15) is 43.5 Å². The van der Waals surface area contributed by atoms with Gasteiger partial charge in [-0.3, -0.25) is 24.3 Å². The summed E-state index contributed by atoms with van der Waals surface area (Å²) in [5.41, 5.74) is 3.22. The molecule has 0 aliphatic carbocycles. The standard InChI is InChI=1S/C32H29ClN4O5S/c1-4-35(5-2)31(39)28-20(3)34-32-36(29(28)23-10-12-24(33)13-11-23)30(38)27(43-32)18-21-8-16-26(17-9-21)42-19-22-6-14-25(15-7-22)37(40)41/h6-18,29H,4-5,19H2,1-3H3/b27-18+/t29-/m1/s1. The number of hydrogen-bond acceptors (Lipinski definition) is 7. The zero-order valence-electron chi connectivity index (χ0n) is 23.8. The summed E-state index contributed by atoms with van der Waals surface area (Å²) in [4.78, 5) is 44.9. The topological polar surface area (TPSA) is 107 Å². The minimum Gasteiger partial charge on any atom is -0.489 e. The predicted octanol–water partition coefficient (Wildman–Crippen LogP) is 5.24. The summed E-state index contributed by atoms with van der Waals surface area (Å²) in [5.74, 6) is 0.472. The number of likely N-dealkylation sites (N-methyl/N-ethyl adjacent to an activating group) is 1. The van der Waals surface area contributed by atoms with Gasteiger partial charge < -0.3 is 9.64 Å². The van der Waals surface area contributed by atoms with Crippen LogP contribution in [0.2, 0.25) is 5.02 Å². The lowest BCUT2D eigenvalue weighted by Crippen LogP contribution is -2.43. The molecule has 11 heteroatoms. The van der Waals surface area contributed by atoms with Crippen molar-refractivity contribution >= 4 is 40.6 Å². The third kappa shape index (κ3) is 6.30. The Balaban J connectivity index is 1.46. The number of aromatic nitrogens is 1. The Labute approximate surface area is 256 Å². The van der Waals surface area contributed by atoms with E-state index < -0.39 is 11.0 Å². The van der Waals surface area contributed by atoms with Gasteiger partial charge in [-0.05, 0) is 79.9 Å². The molecule has 1 aliphatic heterocycles. The van der Waals surface area contributed by atoms with Gasteiger partial charge in [0, 0.05) is 30.2 Å². The van der Waals surface area contributed by atoms with Crippen LogP contribution in [0.4, 0.5) is 5.69 Å². The van der Waals surface area contributed by atoms with Crippen LogP contribution in [-0.2, 0) is 11.4 Å². The molecule has 5 rings (SSSR count). The lowest BCUT2D eigenvalue weighted by molar-refractivity contribution is -0.384. The van der Waals surface area contributed by atoms with Gasteiger partial charge in [0.15, 0.2) is 4.80 Å². The monoisotopic (exact) mass is 616 g/mol. The van der Waals surface area contributed by atoms with Crippen molar-refractivity contribution in [2.75, 3.05) is 13.1 Å². The number of carbonyl (C=O) groups excluding carboxylic acids is 1. The molecule has 1 amide bonds. The molecule has 1 atom stereocenters. The third-order valence-corrected chi connectivity index (χ3v) is 8.45. The van der Waals surface area contributed by atoms with E-state index >= 15 is 0 Å². The van der Waals surface area contributed by atoms with Crippen LogP contribution in [0.3, 0.4) is 0 Å². The minimum atomic E-state index is -0.640. The molecular weight excluding hydrogens is 588 g/mol. The number of nitro groups is 1. The third-order valence-electron chi connectivity index (χ3n) is 7.22. The maximum Gasteiger partial charge on any atom is 0.271 e. The van der Waals surface area contributed by atoms with Gasteiger partial charge in [-0.25, -0.2) is 4.99 Å². The Bertz CT molecular complexity index is 1870. The van der Waals surface area contributed by atoms with Gasteiger partial charge in [-0.2, -0.15) is 0 Å². The Morgan fingerprint density at radius 3 is 2.33 bits per heavy atom. The highest BCUT2D eigenvalue weighted by Crippen LogP contribution is 2.32. The summed E-state index contributed by atoms with van der Waals surface area (Å²) < 4.78 is 7.92.